The lowest BCUT2D eigenvalue weighted by Gasteiger charge is -2.34. The van der Waals surface area contributed by atoms with Crippen LogP contribution in [-0.4, -0.2) is 90.8 Å². The Morgan fingerprint density at radius 3 is 2.59 bits per heavy atom. The molecule has 3 N–H and O–H groups in total. The van der Waals surface area contributed by atoms with Crippen LogP contribution in [0.15, 0.2) is 42.5 Å². The van der Waals surface area contributed by atoms with Gasteiger partial charge in [0.05, 0.1) is 13.7 Å². The first-order valence-corrected chi connectivity index (χ1v) is 12.0. The molecule has 2 aromatic rings. The van der Waals surface area contributed by atoms with Crippen molar-refractivity contribution in [3.63, 3.8) is 0 Å². The summed E-state index contributed by atoms with van der Waals surface area (Å²) in [5.41, 5.74) is 1.05. The summed E-state index contributed by atoms with van der Waals surface area (Å²) in [7, 11) is 3.60. The fourth-order valence-corrected chi connectivity index (χ4v) is 4.75. The van der Waals surface area contributed by atoms with Gasteiger partial charge in [0.1, 0.15) is 11.6 Å². The number of fused-ring (bicyclic) bond motifs is 1. The molecule has 0 spiro atoms. The Labute approximate surface area is 215 Å². The lowest BCUT2D eigenvalue weighted by Crippen LogP contribution is -2.54. The van der Waals surface area contributed by atoms with E-state index < -0.39 is 17.5 Å². The third kappa shape index (κ3) is 4.73. The van der Waals surface area contributed by atoms with E-state index in [0.29, 0.717) is 29.3 Å². The number of ether oxygens (including phenoxy) is 1. The van der Waals surface area contributed by atoms with Crippen molar-refractivity contribution in [2.24, 2.45) is 0 Å². The molecule has 0 saturated carbocycles. The van der Waals surface area contributed by atoms with Crippen molar-refractivity contribution in [1.82, 2.24) is 25.3 Å². The highest BCUT2D eigenvalue weighted by atomic mass is 16.5. The van der Waals surface area contributed by atoms with Gasteiger partial charge in [-0.1, -0.05) is 30.0 Å². The molecular formula is C27H28N6O4. The second kappa shape index (κ2) is 9.59. The number of amides is 4. The van der Waals surface area contributed by atoms with Crippen molar-refractivity contribution >= 4 is 23.7 Å². The van der Waals surface area contributed by atoms with Gasteiger partial charge in [-0.3, -0.25) is 20.3 Å². The SMILES string of the molecule is COc1ccc2c(c1)C(=O)N(C[C@@]1(C#Cc3cccc(C(=N)N4CCN(C)CC4)c3)NC(=O)NC1=O)C2. The first kappa shape index (κ1) is 24.3. The fraction of sp³-hybridized carbons (Fsp3) is 0.333. The number of nitrogens with zero attached hydrogens (tertiary/aromatic N) is 3. The number of likely N-dealkylation sites (N-methyl/N-ethyl adjacent to an activating group) is 1. The average Bonchev–Trinajstić information content (AvgIpc) is 3.36. The largest absolute Gasteiger partial charge is 0.497 e. The number of nitrogens with one attached hydrogen (secondary N) is 3. The molecule has 10 nitrogen and oxygen atoms in total. The van der Waals surface area contributed by atoms with E-state index in [1.54, 1.807) is 24.3 Å². The fourth-order valence-electron chi connectivity index (χ4n) is 4.75. The molecule has 1 atom stereocenters. The van der Waals surface area contributed by atoms with Gasteiger partial charge in [-0.25, -0.2) is 4.79 Å². The highest BCUT2D eigenvalue weighted by Gasteiger charge is 2.48. The molecule has 5 rings (SSSR count). The summed E-state index contributed by atoms with van der Waals surface area (Å²) < 4.78 is 5.23. The number of carbonyl (C=O) groups excluding carboxylic acids is 3. The number of imide groups is 1. The highest BCUT2D eigenvalue weighted by Crippen LogP contribution is 2.28. The van der Waals surface area contributed by atoms with E-state index in [9.17, 15) is 14.4 Å². The average molecular weight is 501 g/mol. The summed E-state index contributed by atoms with van der Waals surface area (Å²) in [6.07, 6.45) is 0. The van der Waals surface area contributed by atoms with E-state index in [1.807, 2.05) is 23.1 Å². The van der Waals surface area contributed by atoms with Gasteiger partial charge in [0.15, 0.2) is 0 Å². The summed E-state index contributed by atoms with van der Waals surface area (Å²) >= 11 is 0. The lowest BCUT2D eigenvalue weighted by atomic mass is 9.98. The maximum Gasteiger partial charge on any atom is 0.323 e. The van der Waals surface area contributed by atoms with Gasteiger partial charge in [0.2, 0.25) is 5.54 Å². The van der Waals surface area contributed by atoms with E-state index in [0.717, 1.165) is 37.3 Å². The van der Waals surface area contributed by atoms with Gasteiger partial charge in [0, 0.05) is 49.4 Å². The maximum atomic E-state index is 13.1. The predicted molar refractivity (Wildman–Crippen MR) is 136 cm³/mol. The Bertz CT molecular complexity index is 1350. The van der Waals surface area contributed by atoms with Gasteiger partial charge in [-0.05, 0) is 36.9 Å². The summed E-state index contributed by atoms with van der Waals surface area (Å²) in [5.74, 6) is 6.07. The lowest BCUT2D eigenvalue weighted by molar-refractivity contribution is -0.122. The van der Waals surface area contributed by atoms with Crippen LogP contribution in [-0.2, 0) is 11.3 Å². The standard InChI is InChI=1S/C27H28N6O4/c1-31-10-12-32(13-11-31)23(28)19-5-3-4-18(14-19)8-9-27(25(35)29-26(36)30-27)17-33-16-20-6-7-21(37-2)15-22(20)24(33)34/h3-7,14-15,28H,10-13,16-17H2,1-2H3,(H2,29,30,35,36)/t27-/m1/s1. The molecule has 3 aliphatic rings. The zero-order chi connectivity index (χ0) is 26.2. The van der Waals surface area contributed by atoms with Crippen molar-refractivity contribution in [1.29, 1.82) is 5.41 Å². The smallest absolute Gasteiger partial charge is 0.323 e. The van der Waals surface area contributed by atoms with Gasteiger partial charge in [0.25, 0.3) is 11.8 Å². The number of amidine groups is 1. The van der Waals surface area contributed by atoms with Crippen molar-refractivity contribution < 1.29 is 19.1 Å². The minimum Gasteiger partial charge on any atom is -0.497 e. The zero-order valence-corrected chi connectivity index (χ0v) is 20.8. The molecule has 37 heavy (non-hydrogen) atoms. The van der Waals surface area contributed by atoms with Crippen LogP contribution >= 0.6 is 0 Å². The molecule has 0 unspecified atom stereocenters. The van der Waals surface area contributed by atoms with Crippen molar-refractivity contribution in [2.45, 2.75) is 12.1 Å². The zero-order valence-electron chi connectivity index (χ0n) is 20.8. The first-order valence-electron chi connectivity index (χ1n) is 12.0. The Hall–Kier alpha value is -4.36. The van der Waals surface area contributed by atoms with Crippen molar-refractivity contribution in [3.05, 3.63) is 64.7 Å². The molecule has 0 aromatic heterocycles. The third-order valence-corrected chi connectivity index (χ3v) is 6.94. The molecule has 2 aromatic carbocycles. The van der Waals surface area contributed by atoms with Gasteiger partial charge in [-0.2, -0.15) is 0 Å². The molecule has 4 amide bonds. The van der Waals surface area contributed by atoms with Crippen LogP contribution in [0.1, 0.15) is 27.0 Å². The maximum absolute atomic E-state index is 13.1. The second-order valence-electron chi connectivity index (χ2n) is 9.47. The molecule has 190 valence electrons. The quantitative estimate of drug-likeness (QED) is 0.248. The van der Waals surface area contributed by atoms with Crippen LogP contribution in [0.4, 0.5) is 4.79 Å². The van der Waals surface area contributed by atoms with Crippen molar-refractivity contribution in [2.75, 3.05) is 46.9 Å². The van der Waals surface area contributed by atoms with Crippen LogP contribution in [0.25, 0.3) is 0 Å². The van der Waals surface area contributed by atoms with Gasteiger partial charge in [-0.15, -0.1) is 0 Å². The third-order valence-electron chi connectivity index (χ3n) is 6.94. The Kier molecular flexibility index (Phi) is 6.31. The van der Waals surface area contributed by atoms with E-state index in [-0.39, 0.29) is 12.5 Å². The minimum atomic E-state index is -1.60. The number of carbonyl (C=O) groups is 3. The number of urea groups is 1. The summed E-state index contributed by atoms with van der Waals surface area (Å²) in [6, 6.07) is 11.9. The van der Waals surface area contributed by atoms with E-state index in [1.165, 1.54) is 12.0 Å². The van der Waals surface area contributed by atoms with Crippen LogP contribution < -0.4 is 15.4 Å². The predicted octanol–water partition coefficient (Wildman–Crippen LogP) is 0.854. The molecule has 10 heteroatoms. The topological polar surface area (TPSA) is 118 Å². The molecule has 0 radical (unpaired) electrons. The van der Waals surface area contributed by atoms with Gasteiger partial charge < -0.3 is 24.8 Å². The Morgan fingerprint density at radius 1 is 1.11 bits per heavy atom. The number of hydrogen-bond donors (Lipinski definition) is 3. The van der Waals surface area contributed by atoms with E-state index >= 15 is 0 Å². The van der Waals surface area contributed by atoms with Crippen molar-refractivity contribution in [3.8, 4) is 17.6 Å². The van der Waals surface area contributed by atoms with Crippen LogP contribution in [0.5, 0.6) is 5.75 Å². The monoisotopic (exact) mass is 500 g/mol. The second-order valence-corrected chi connectivity index (χ2v) is 9.47. The number of benzene rings is 2. The summed E-state index contributed by atoms with van der Waals surface area (Å²) in [6.45, 7) is 3.53. The molecular weight excluding hydrogens is 472 g/mol. The molecule has 0 aliphatic carbocycles. The van der Waals surface area contributed by atoms with Crippen LogP contribution in [0.3, 0.4) is 0 Å². The molecule has 2 saturated heterocycles. The normalized spacial score (nSPS) is 21.2. The number of methoxy groups -OCH3 is 1. The number of hydrogen-bond acceptors (Lipinski definition) is 6. The number of rotatable bonds is 4. The molecule has 0 bridgehead atoms. The molecule has 3 heterocycles. The summed E-state index contributed by atoms with van der Waals surface area (Å²) in [5, 5.41) is 13.5. The van der Waals surface area contributed by atoms with E-state index in [4.69, 9.17) is 10.1 Å². The van der Waals surface area contributed by atoms with Gasteiger partial charge >= 0.3 is 6.03 Å². The van der Waals surface area contributed by atoms with E-state index in [2.05, 4.69) is 34.4 Å². The Morgan fingerprint density at radius 2 is 1.89 bits per heavy atom. The highest BCUT2D eigenvalue weighted by molar-refractivity contribution is 6.10. The Balaban J connectivity index is 1.39. The number of piperazine rings is 1. The summed E-state index contributed by atoms with van der Waals surface area (Å²) in [4.78, 5) is 43.9. The first-order chi connectivity index (χ1) is 17.8. The van der Waals surface area contributed by atoms with Crippen LogP contribution in [0.2, 0.25) is 0 Å². The minimum absolute atomic E-state index is 0.107. The van der Waals surface area contributed by atoms with Crippen LogP contribution in [0, 0.1) is 17.3 Å². The molecule has 2 fully saturated rings. The molecule has 3 aliphatic heterocycles.